The van der Waals surface area contributed by atoms with Gasteiger partial charge >= 0.3 is 0 Å². The van der Waals surface area contributed by atoms with Crippen LogP contribution in [0.15, 0.2) is 18.2 Å². The number of benzene rings is 1. The first-order chi connectivity index (χ1) is 8.10. The average molecular weight is 237 g/mol. The van der Waals surface area contributed by atoms with Gasteiger partial charge in [0.2, 0.25) is 0 Å². The monoisotopic (exact) mass is 237 g/mol. The van der Waals surface area contributed by atoms with E-state index < -0.39 is 0 Å². The summed E-state index contributed by atoms with van der Waals surface area (Å²) in [4.78, 5) is 13.6. The number of phenols is 1. The van der Waals surface area contributed by atoms with Crippen LogP contribution in [0.4, 0.5) is 0 Å². The number of phenolic OH excluding ortho intramolecular Hbond substituents is 1. The molecule has 1 rings (SSSR count). The van der Waals surface area contributed by atoms with Gasteiger partial charge in [0, 0.05) is 19.7 Å². The van der Waals surface area contributed by atoms with Gasteiger partial charge in [-0.1, -0.05) is 13.3 Å². The summed E-state index contributed by atoms with van der Waals surface area (Å²) in [5.41, 5.74) is 0.310. The third-order valence-electron chi connectivity index (χ3n) is 2.63. The maximum Gasteiger partial charge on any atom is 0.257 e. The Kier molecular flexibility index (Phi) is 4.82. The van der Waals surface area contributed by atoms with Crippen LogP contribution < -0.4 is 4.74 Å². The van der Waals surface area contributed by atoms with Crippen LogP contribution in [0.5, 0.6) is 11.5 Å². The topological polar surface area (TPSA) is 49.8 Å². The summed E-state index contributed by atoms with van der Waals surface area (Å²) < 4.78 is 4.97. The Morgan fingerprint density at radius 3 is 2.71 bits per heavy atom. The summed E-state index contributed by atoms with van der Waals surface area (Å²) in [5, 5.41) is 9.74. The van der Waals surface area contributed by atoms with Crippen LogP contribution in [0, 0.1) is 0 Å². The Labute approximate surface area is 102 Å². The lowest BCUT2D eigenvalue weighted by Gasteiger charge is -2.17. The van der Waals surface area contributed by atoms with E-state index in [2.05, 4.69) is 6.92 Å². The van der Waals surface area contributed by atoms with Gasteiger partial charge in [-0.15, -0.1) is 0 Å². The van der Waals surface area contributed by atoms with Crippen molar-refractivity contribution in [3.05, 3.63) is 23.8 Å². The van der Waals surface area contributed by atoms with Gasteiger partial charge in [0.15, 0.2) is 0 Å². The first-order valence-corrected chi connectivity index (χ1v) is 5.72. The molecule has 0 heterocycles. The molecule has 1 aromatic carbocycles. The predicted molar refractivity (Wildman–Crippen MR) is 66.5 cm³/mol. The lowest BCUT2D eigenvalue weighted by molar-refractivity contribution is 0.0790. The molecule has 0 aromatic heterocycles. The molecule has 0 fully saturated rings. The number of carbonyl (C=O) groups excluding carboxylic acids is 1. The molecule has 0 spiro atoms. The number of rotatable bonds is 5. The van der Waals surface area contributed by atoms with Gasteiger partial charge in [0.05, 0.1) is 12.7 Å². The minimum Gasteiger partial charge on any atom is -0.507 e. The maximum absolute atomic E-state index is 12.0. The number of methoxy groups -OCH3 is 1. The van der Waals surface area contributed by atoms with Crippen molar-refractivity contribution in [2.45, 2.75) is 19.8 Å². The van der Waals surface area contributed by atoms with Gasteiger partial charge in [-0.25, -0.2) is 0 Å². The molecule has 4 heteroatoms. The fourth-order valence-corrected chi connectivity index (χ4v) is 1.52. The second kappa shape index (κ2) is 6.13. The molecule has 4 nitrogen and oxygen atoms in total. The molecule has 1 amide bonds. The first kappa shape index (κ1) is 13.4. The van der Waals surface area contributed by atoms with E-state index in [1.807, 2.05) is 0 Å². The zero-order valence-corrected chi connectivity index (χ0v) is 10.6. The van der Waals surface area contributed by atoms with Crippen molar-refractivity contribution in [2.75, 3.05) is 20.7 Å². The Balaban J connectivity index is 2.81. The summed E-state index contributed by atoms with van der Waals surface area (Å²) in [5.74, 6) is 0.326. The van der Waals surface area contributed by atoms with Gasteiger partial charge in [-0.05, 0) is 18.6 Å². The molecule has 1 N–H and O–H groups in total. The fraction of sp³-hybridized carbons (Fsp3) is 0.462. The molecule has 0 aliphatic rings. The number of carbonyl (C=O) groups is 1. The molecule has 0 bridgehead atoms. The highest BCUT2D eigenvalue weighted by Gasteiger charge is 2.15. The van der Waals surface area contributed by atoms with E-state index in [0.717, 1.165) is 12.8 Å². The highest BCUT2D eigenvalue weighted by Crippen LogP contribution is 2.24. The molecule has 0 atom stereocenters. The number of hydrogen-bond acceptors (Lipinski definition) is 3. The lowest BCUT2D eigenvalue weighted by atomic mass is 10.1. The van der Waals surface area contributed by atoms with Crippen molar-refractivity contribution in [3.63, 3.8) is 0 Å². The third kappa shape index (κ3) is 3.37. The van der Waals surface area contributed by atoms with Gasteiger partial charge in [0.25, 0.3) is 5.91 Å². The molecule has 0 saturated heterocycles. The summed E-state index contributed by atoms with van der Waals surface area (Å²) in [7, 11) is 3.26. The second-order valence-electron chi connectivity index (χ2n) is 3.96. The van der Waals surface area contributed by atoms with E-state index in [0.29, 0.717) is 17.9 Å². The molecule has 0 saturated carbocycles. The minimum absolute atomic E-state index is 0.0438. The van der Waals surface area contributed by atoms with Gasteiger partial charge in [-0.2, -0.15) is 0 Å². The van der Waals surface area contributed by atoms with E-state index >= 15 is 0 Å². The molecule has 1 aromatic rings. The summed E-state index contributed by atoms with van der Waals surface area (Å²) >= 11 is 0. The Morgan fingerprint density at radius 2 is 2.18 bits per heavy atom. The highest BCUT2D eigenvalue weighted by molar-refractivity contribution is 5.96. The first-order valence-electron chi connectivity index (χ1n) is 5.72. The van der Waals surface area contributed by atoms with Crippen molar-refractivity contribution >= 4 is 5.91 Å². The summed E-state index contributed by atoms with van der Waals surface area (Å²) in [6.45, 7) is 2.77. The smallest absolute Gasteiger partial charge is 0.257 e. The van der Waals surface area contributed by atoms with E-state index in [1.54, 1.807) is 24.1 Å². The van der Waals surface area contributed by atoms with Gasteiger partial charge in [-0.3, -0.25) is 4.79 Å². The van der Waals surface area contributed by atoms with Crippen LogP contribution >= 0.6 is 0 Å². The van der Waals surface area contributed by atoms with Crippen LogP contribution in [0.3, 0.4) is 0 Å². The van der Waals surface area contributed by atoms with E-state index in [-0.39, 0.29) is 11.7 Å². The molecular formula is C13H19NO3. The summed E-state index contributed by atoms with van der Waals surface area (Å²) in [6, 6.07) is 4.69. The van der Waals surface area contributed by atoms with Gasteiger partial charge in [0.1, 0.15) is 11.5 Å². The normalized spacial score (nSPS) is 10.1. The number of hydrogen-bond donors (Lipinski definition) is 1. The predicted octanol–water partition coefficient (Wildman–Crippen LogP) is 2.27. The quantitative estimate of drug-likeness (QED) is 0.854. The second-order valence-corrected chi connectivity index (χ2v) is 3.96. The van der Waals surface area contributed by atoms with Crippen molar-refractivity contribution in [1.29, 1.82) is 0 Å². The minimum atomic E-state index is -0.168. The molecule has 0 unspecified atom stereocenters. The van der Waals surface area contributed by atoms with Crippen molar-refractivity contribution in [1.82, 2.24) is 4.90 Å². The Bertz CT molecular complexity index is 390. The zero-order chi connectivity index (χ0) is 12.8. The average Bonchev–Trinajstić information content (AvgIpc) is 2.34. The number of ether oxygens (including phenoxy) is 1. The fourth-order valence-electron chi connectivity index (χ4n) is 1.52. The third-order valence-corrected chi connectivity index (χ3v) is 2.63. The molecule has 94 valence electrons. The molecule has 17 heavy (non-hydrogen) atoms. The van der Waals surface area contributed by atoms with Crippen LogP contribution in [0.1, 0.15) is 30.1 Å². The summed E-state index contributed by atoms with van der Waals surface area (Å²) in [6.07, 6.45) is 1.99. The number of nitrogens with zero attached hydrogens (tertiary/aromatic N) is 1. The zero-order valence-electron chi connectivity index (χ0n) is 10.6. The highest BCUT2D eigenvalue weighted by atomic mass is 16.5. The van der Waals surface area contributed by atoms with Crippen LogP contribution in [-0.2, 0) is 0 Å². The van der Waals surface area contributed by atoms with E-state index in [1.165, 1.54) is 13.2 Å². The molecule has 0 aliphatic carbocycles. The molecule has 0 aliphatic heterocycles. The largest absolute Gasteiger partial charge is 0.507 e. The van der Waals surface area contributed by atoms with Crippen molar-refractivity contribution < 1.29 is 14.6 Å². The van der Waals surface area contributed by atoms with Crippen LogP contribution in [0.25, 0.3) is 0 Å². The van der Waals surface area contributed by atoms with Crippen molar-refractivity contribution in [3.8, 4) is 11.5 Å². The Hall–Kier alpha value is -1.71. The lowest BCUT2D eigenvalue weighted by Crippen LogP contribution is -2.27. The molecular weight excluding hydrogens is 218 g/mol. The number of amides is 1. The van der Waals surface area contributed by atoms with Crippen LogP contribution in [-0.4, -0.2) is 36.6 Å². The maximum atomic E-state index is 12.0. The standard InChI is InChI=1S/C13H19NO3/c1-4-5-8-14(2)13(16)11-7-6-10(17-3)9-12(11)15/h6-7,9,15H,4-5,8H2,1-3H3. The van der Waals surface area contributed by atoms with E-state index in [9.17, 15) is 9.90 Å². The van der Waals surface area contributed by atoms with Crippen molar-refractivity contribution in [2.24, 2.45) is 0 Å². The Morgan fingerprint density at radius 1 is 1.47 bits per heavy atom. The number of aromatic hydroxyl groups is 1. The van der Waals surface area contributed by atoms with Gasteiger partial charge < -0.3 is 14.7 Å². The number of unbranched alkanes of at least 4 members (excludes halogenated alkanes) is 1. The van der Waals surface area contributed by atoms with Crippen LogP contribution in [0.2, 0.25) is 0 Å². The SMILES string of the molecule is CCCCN(C)C(=O)c1ccc(OC)cc1O. The van der Waals surface area contributed by atoms with E-state index in [4.69, 9.17) is 4.74 Å². The molecule has 0 radical (unpaired) electrons.